The number of hydrogen-bond donors (Lipinski definition) is 1. The Morgan fingerprint density at radius 1 is 1.39 bits per heavy atom. The highest BCUT2D eigenvalue weighted by atomic mass is 16.7. The van der Waals surface area contributed by atoms with Crippen molar-refractivity contribution in [2.45, 2.75) is 13.2 Å². The van der Waals surface area contributed by atoms with Gasteiger partial charge in [-0.3, -0.25) is 0 Å². The van der Waals surface area contributed by atoms with Crippen molar-refractivity contribution in [1.82, 2.24) is 9.55 Å². The van der Waals surface area contributed by atoms with Gasteiger partial charge in [0, 0.05) is 25.8 Å². The van der Waals surface area contributed by atoms with Crippen molar-refractivity contribution in [3.63, 3.8) is 0 Å². The minimum Gasteiger partial charge on any atom is -0.454 e. The van der Waals surface area contributed by atoms with Crippen LogP contribution in [-0.2, 0) is 17.9 Å². The Morgan fingerprint density at radius 2 is 2.17 bits per heavy atom. The van der Waals surface area contributed by atoms with Gasteiger partial charge in [-0.05, 0) is 0 Å². The summed E-state index contributed by atoms with van der Waals surface area (Å²) >= 11 is 0. The van der Waals surface area contributed by atoms with Gasteiger partial charge >= 0.3 is 0 Å². The summed E-state index contributed by atoms with van der Waals surface area (Å²) in [5.74, 6) is 2.20. The Bertz CT molecular complexity index is 579. The molecule has 0 amide bonds. The molecule has 0 bridgehead atoms. The number of ether oxygens (including phenoxy) is 3. The first-order chi connectivity index (χ1) is 8.83. The van der Waals surface area contributed by atoms with Crippen LogP contribution in [0.5, 0.6) is 11.5 Å². The second kappa shape index (κ2) is 4.47. The lowest BCUT2D eigenvalue weighted by atomic mass is 10.2. The number of imidazole rings is 1. The Balaban J connectivity index is 2.16. The molecule has 0 spiro atoms. The number of hydrogen-bond acceptors (Lipinski definition) is 5. The zero-order valence-electron chi connectivity index (χ0n) is 10.0. The van der Waals surface area contributed by atoms with Crippen LogP contribution in [0.2, 0.25) is 0 Å². The smallest absolute Gasteiger partial charge is 0.231 e. The van der Waals surface area contributed by atoms with E-state index in [1.807, 2.05) is 16.7 Å². The van der Waals surface area contributed by atoms with Gasteiger partial charge in [-0.2, -0.15) is 0 Å². The summed E-state index contributed by atoms with van der Waals surface area (Å²) in [5, 5.41) is 9.14. The van der Waals surface area contributed by atoms with Crippen molar-refractivity contribution in [2.24, 2.45) is 0 Å². The van der Waals surface area contributed by atoms with Crippen molar-refractivity contribution < 1.29 is 19.3 Å². The molecule has 0 aliphatic carbocycles. The average molecular weight is 250 g/mol. The predicted molar refractivity (Wildman–Crippen MR) is 63.7 cm³/mol. The summed E-state index contributed by atoms with van der Waals surface area (Å²) in [6.07, 6.45) is 0. The van der Waals surface area contributed by atoms with Crippen molar-refractivity contribution in [3.8, 4) is 11.5 Å². The third-order valence-corrected chi connectivity index (χ3v) is 2.92. The molecule has 1 aliphatic heterocycles. The van der Waals surface area contributed by atoms with Crippen LogP contribution < -0.4 is 9.47 Å². The molecule has 0 atom stereocenters. The number of aliphatic hydroxyl groups is 1. The van der Waals surface area contributed by atoms with Gasteiger partial charge in [-0.1, -0.05) is 0 Å². The van der Waals surface area contributed by atoms with E-state index in [4.69, 9.17) is 19.3 Å². The lowest BCUT2D eigenvalue weighted by Crippen LogP contribution is -2.07. The summed E-state index contributed by atoms with van der Waals surface area (Å²) in [7, 11) is 1.62. The van der Waals surface area contributed by atoms with E-state index < -0.39 is 0 Å². The molecule has 1 aromatic heterocycles. The predicted octanol–water partition coefficient (Wildman–Crippen LogP) is 0.904. The molecule has 0 saturated heterocycles. The van der Waals surface area contributed by atoms with Gasteiger partial charge < -0.3 is 23.9 Å². The van der Waals surface area contributed by atoms with Gasteiger partial charge in [0.2, 0.25) is 6.79 Å². The van der Waals surface area contributed by atoms with Crippen LogP contribution in [0.3, 0.4) is 0 Å². The summed E-state index contributed by atoms with van der Waals surface area (Å²) < 4.78 is 17.7. The molecule has 0 saturated carbocycles. The minimum absolute atomic E-state index is 0.0522. The lowest BCUT2D eigenvalue weighted by molar-refractivity contribution is 0.171. The van der Waals surface area contributed by atoms with Gasteiger partial charge in [0.25, 0.3) is 0 Å². The maximum atomic E-state index is 9.14. The maximum absolute atomic E-state index is 9.14. The van der Waals surface area contributed by atoms with E-state index in [0.29, 0.717) is 24.7 Å². The zero-order chi connectivity index (χ0) is 12.5. The van der Waals surface area contributed by atoms with E-state index in [2.05, 4.69) is 4.98 Å². The number of methoxy groups -OCH3 is 1. The Morgan fingerprint density at radius 3 is 2.89 bits per heavy atom. The molecule has 0 fully saturated rings. The molecule has 6 nitrogen and oxygen atoms in total. The fraction of sp³-hybridized carbons (Fsp3) is 0.417. The van der Waals surface area contributed by atoms with Gasteiger partial charge in [-0.15, -0.1) is 0 Å². The SMILES string of the molecule is COCc1nc2cc3c(cc2n1CCO)OCO3. The Kier molecular flexibility index (Phi) is 2.81. The molecular formula is C12H14N2O4. The van der Waals surface area contributed by atoms with Crippen LogP contribution in [0.25, 0.3) is 11.0 Å². The monoisotopic (exact) mass is 250 g/mol. The minimum atomic E-state index is 0.0522. The molecule has 1 aromatic carbocycles. The molecule has 6 heteroatoms. The van der Waals surface area contributed by atoms with Crippen LogP contribution in [0.15, 0.2) is 12.1 Å². The van der Waals surface area contributed by atoms with Crippen LogP contribution in [-0.4, -0.2) is 35.2 Å². The summed E-state index contributed by atoms with van der Waals surface area (Å²) in [6.45, 7) is 1.18. The molecule has 18 heavy (non-hydrogen) atoms. The van der Waals surface area contributed by atoms with Crippen LogP contribution in [0, 0.1) is 0 Å². The third-order valence-electron chi connectivity index (χ3n) is 2.92. The van der Waals surface area contributed by atoms with E-state index in [-0.39, 0.29) is 13.4 Å². The number of rotatable bonds is 4. The highest BCUT2D eigenvalue weighted by Crippen LogP contribution is 2.36. The molecule has 3 rings (SSSR count). The molecule has 2 heterocycles. The maximum Gasteiger partial charge on any atom is 0.231 e. The van der Waals surface area contributed by atoms with Crippen LogP contribution >= 0.6 is 0 Å². The van der Waals surface area contributed by atoms with E-state index in [1.54, 1.807) is 7.11 Å². The topological polar surface area (TPSA) is 65.7 Å². The second-order valence-corrected chi connectivity index (χ2v) is 4.03. The Hall–Kier alpha value is -1.79. The van der Waals surface area contributed by atoms with E-state index in [0.717, 1.165) is 16.9 Å². The highest BCUT2D eigenvalue weighted by Gasteiger charge is 2.18. The van der Waals surface area contributed by atoms with Gasteiger partial charge in [0.15, 0.2) is 11.5 Å². The number of fused-ring (bicyclic) bond motifs is 2. The van der Waals surface area contributed by atoms with Crippen molar-refractivity contribution in [2.75, 3.05) is 20.5 Å². The van der Waals surface area contributed by atoms with Crippen LogP contribution in [0.4, 0.5) is 0 Å². The Labute approximate surface area is 104 Å². The summed E-state index contributed by atoms with van der Waals surface area (Å²) in [4.78, 5) is 4.49. The van der Waals surface area contributed by atoms with Crippen molar-refractivity contribution >= 4 is 11.0 Å². The fourth-order valence-electron chi connectivity index (χ4n) is 2.15. The number of aromatic nitrogens is 2. The molecule has 1 aliphatic rings. The molecule has 2 aromatic rings. The first-order valence-electron chi connectivity index (χ1n) is 5.72. The molecule has 96 valence electrons. The first kappa shape index (κ1) is 11.3. The van der Waals surface area contributed by atoms with Crippen LogP contribution in [0.1, 0.15) is 5.82 Å². The first-order valence-corrected chi connectivity index (χ1v) is 5.72. The standard InChI is InChI=1S/C12H14N2O4/c1-16-6-12-13-8-4-10-11(18-7-17-10)5-9(8)14(12)2-3-15/h4-5,15H,2-3,6-7H2,1H3. The van der Waals surface area contributed by atoms with Gasteiger partial charge in [0.1, 0.15) is 12.4 Å². The molecule has 0 radical (unpaired) electrons. The normalized spacial score (nSPS) is 13.4. The third kappa shape index (κ3) is 1.70. The highest BCUT2D eigenvalue weighted by molar-refractivity contribution is 5.81. The van der Waals surface area contributed by atoms with Gasteiger partial charge in [-0.25, -0.2) is 4.98 Å². The quantitative estimate of drug-likeness (QED) is 0.873. The van der Waals surface area contributed by atoms with E-state index >= 15 is 0 Å². The molecule has 1 N–H and O–H groups in total. The molecule has 0 unspecified atom stereocenters. The van der Waals surface area contributed by atoms with Crippen molar-refractivity contribution in [3.05, 3.63) is 18.0 Å². The van der Waals surface area contributed by atoms with E-state index in [9.17, 15) is 0 Å². The summed E-state index contributed by atoms with van der Waals surface area (Å²) in [6, 6.07) is 3.74. The number of aliphatic hydroxyl groups excluding tert-OH is 1. The largest absolute Gasteiger partial charge is 0.454 e. The average Bonchev–Trinajstić information content (AvgIpc) is 2.93. The molecular weight excluding hydrogens is 236 g/mol. The summed E-state index contributed by atoms with van der Waals surface area (Å²) in [5.41, 5.74) is 1.74. The van der Waals surface area contributed by atoms with E-state index in [1.165, 1.54) is 0 Å². The zero-order valence-corrected chi connectivity index (χ0v) is 10.0. The lowest BCUT2D eigenvalue weighted by Gasteiger charge is -2.06. The number of benzene rings is 1. The fourth-order valence-corrected chi connectivity index (χ4v) is 2.15. The van der Waals surface area contributed by atoms with Crippen molar-refractivity contribution in [1.29, 1.82) is 0 Å². The second-order valence-electron chi connectivity index (χ2n) is 4.03. The van der Waals surface area contributed by atoms with Gasteiger partial charge in [0.05, 0.1) is 17.6 Å². The number of nitrogens with zero attached hydrogens (tertiary/aromatic N) is 2.